The second kappa shape index (κ2) is 5.61. The van der Waals surface area contributed by atoms with Crippen LogP contribution in [0.4, 0.5) is 15.8 Å². The monoisotopic (exact) mass is 310 g/mol. The molecule has 0 fully saturated rings. The van der Waals surface area contributed by atoms with Gasteiger partial charge in [-0.15, -0.1) is 0 Å². The normalized spacial score (nSPS) is 11.3. The first-order valence-corrected chi connectivity index (χ1v) is 7.67. The molecule has 0 saturated carbocycles. The molecule has 0 aliphatic heterocycles. The number of anilines is 2. The van der Waals surface area contributed by atoms with Crippen molar-refractivity contribution in [2.45, 2.75) is 11.8 Å². The fourth-order valence-electron chi connectivity index (χ4n) is 1.94. The van der Waals surface area contributed by atoms with Crippen molar-refractivity contribution in [3.8, 4) is 5.75 Å². The molecule has 0 heterocycles. The molecule has 0 amide bonds. The summed E-state index contributed by atoms with van der Waals surface area (Å²) < 4.78 is 40.0. The highest BCUT2D eigenvalue weighted by Gasteiger charge is 2.26. The second-order valence-electron chi connectivity index (χ2n) is 4.34. The summed E-state index contributed by atoms with van der Waals surface area (Å²) in [7, 11) is -3.96. The summed E-state index contributed by atoms with van der Waals surface area (Å²) in [6, 6.07) is 9.19. The molecule has 0 aliphatic carbocycles. The van der Waals surface area contributed by atoms with Gasteiger partial charge < -0.3 is 10.8 Å². The van der Waals surface area contributed by atoms with Crippen LogP contribution >= 0.6 is 0 Å². The van der Waals surface area contributed by atoms with E-state index in [1.54, 1.807) is 13.0 Å². The van der Waals surface area contributed by atoms with E-state index < -0.39 is 15.8 Å². The van der Waals surface area contributed by atoms with Gasteiger partial charge in [0, 0.05) is 6.54 Å². The predicted molar refractivity (Wildman–Crippen MR) is 79.1 cm³/mol. The lowest BCUT2D eigenvalue weighted by Gasteiger charge is -2.23. The fraction of sp³-hybridized carbons (Fsp3) is 0.143. The molecule has 0 spiro atoms. The zero-order chi connectivity index (χ0) is 15.6. The maximum absolute atomic E-state index is 13.8. The van der Waals surface area contributed by atoms with Crippen LogP contribution in [0.1, 0.15) is 6.92 Å². The number of benzene rings is 2. The molecule has 2 rings (SSSR count). The number of rotatable bonds is 4. The van der Waals surface area contributed by atoms with E-state index in [-0.39, 0.29) is 28.6 Å². The Morgan fingerprint density at radius 3 is 2.48 bits per heavy atom. The third-order valence-electron chi connectivity index (χ3n) is 3.00. The number of aromatic hydroxyl groups is 1. The molecule has 2 aromatic carbocycles. The Morgan fingerprint density at radius 1 is 1.24 bits per heavy atom. The minimum Gasteiger partial charge on any atom is -0.506 e. The highest BCUT2D eigenvalue weighted by molar-refractivity contribution is 7.92. The van der Waals surface area contributed by atoms with Gasteiger partial charge in [-0.05, 0) is 37.3 Å². The Balaban J connectivity index is 2.55. The van der Waals surface area contributed by atoms with Crippen LogP contribution in [-0.2, 0) is 10.0 Å². The SMILES string of the molecule is CCN(c1ccccc1F)S(=O)(=O)c1ccc(O)c(N)c1. The van der Waals surface area contributed by atoms with E-state index in [9.17, 15) is 17.9 Å². The summed E-state index contributed by atoms with van der Waals surface area (Å²) in [5.74, 6) is -0.836. The molecule has 112 valence electrons. The number of nitrogen functional groups attached to an aromatic ring is 1. The smallest absolute Gasteiger partial charge is 0.264 e. The van der Waals surface area contributed by atoms with E-state index in [1.807, 2.05) is 0 Å². The minimum absolute atomic E-state index is 0.0355. The third-order valence-corrected chi connectivity index (χ3v) is 4.88. The summed E-state index contributed by atoms with van der Waals surface area (Å²) >= 11 is 0. The van der Waals surface area contributed by atoms with Crippen LogP contribution in [0.3, 0.4) is 0 Å². The van der Waals surface area contributed by atoms with Gasteiger partial charge in [-0.1, -0.05) is 12.1 Å². The van der Waals surface area contributed by atoms with Gasteiger partial charge in [-0.25, -0.2) is 12.8 Å². The summed E-state index contributed by atoms with van der Waals surface area (Å²) in [4.78, 5) is -0.108. The second-order valence-corrected chi connectivity index (χ2v) is 6.20. The number of halogens is 1. The number of sulfonamides is 1. The van der Waals surface area contributed by atoms with Crippen LogP contribution in [0.25, 0.3) is 0 Å². The molecule has 0 unspecified atom stereocenters. The van der Waals surface area contributed by atoms with Gasteiger partial charge >= 0.3 is 0 Å². The maximum atomic E-state index is 13.8. The van der Waals surface area contributed by atoms with Crippen molar-refractivity contribution in [2.75, 3.05) is 16.6 Å². The molecule has 2 aromatic rings. The number of hydrogen-bond acceptors (Lipinski definition) is 4. The molecule has 0 aliphatic rings. The quantitative estimate of drug-likeness (QED) is 0.670. The Bertz CT molecular complexity index is 763. The van der Waals surface area contributed by atoms with Crippen molar-refractivity contribution >= 4 is 21.4 Å². The molecule has 0 radical (unpaired) electrons. The number of phenols is 1. The van der Waals surface area contributed by atoms with Gasteiger partial charge in [0.15, 0.2) is 0 Å². The molecule has 21 heavy (non-hydrogen) atoms. The standard InChI is InChI=1S/C14H15FN2O3S/c1-2-17(13-6-4-3-5-11(13)15)21(19,20)10-7-8-14(18)12(16)9-10/h3-9,18H,2,16H2,1H3. The molecule has 5 nitrogen and oxygen atoms in total. The van der Waals surface area contributed by atoms with Gasteiger partial charge in [0.1, 0.15) is 11.6 Å². The Labute approximate surface area is 122 Å². The molecule has 3 N–H and O–H groups in total. The first-order valence-electron chi connectivity index (χ1n) is 6.23. The highest BCUT2D eigenvalue weighted by atomic mass is 32.2. The molecule has 7 heteroatoms. The molecular formula is C14H15FN2O3S. The number of para-hydroxylation sites is 1. The van der Waals surface area contributed by atoms with E-state index in [0.717, 1.165) is 10.4 Å². The Kier molecular flexibility index (Phi) is 4.04. The van der Waals surface area contributed by atoms with Crippen LogP contribution in [0.2, 0.25) is 0 Å². The highest BCUT2D eigenvalue weighted by Crippen LogP contribution is 2.29. The van der Waals surface area contributed by atoms with Crippen molar-refractivity contribution in [1.29, 1.82) is 0 Å². The van der Waals surface area contributed by atoms with E-state index in [4.69, 9.17) is 5.73 Å². The van der Waals surface area contributed by atoms with Crippen LogP contribution in [0.15, 0.2) is 47.4 Å². The number of phenolic OH excluding ortho intramolecular Hbond substituents is 1. The zero-order valence-corrected chi connectivity index (χ0v) is 12.1. The van der Waals surface area contributed by atoms with Gasteiger partial charge in [0.05, 0.1) is 16.3 Å². The average molecular weight is 310 g/mol. The van der Waals surface area contributed by atoms with Crippen LogP contribution in [0.5, 0.6) is 5.75 Å². The zero-order valence-electron chi connectivity index (χ0n) is 11.3. The maximum Gasteiger partial charge on any atom is 0.264 e. The van der Waals surface area contributed by atoms with Crippen molar-refractivity contribution < 1.29 is 17.9 Å². The lowest BCUT2D eigenvalue weighted by molar-refractivity contribution is 0.477. The first-order chi connectivity index (χ1) is 9.87. The molecular weight excluding hydrogens is 295 g/mol. The number of hydrogen-bond donors (Lipinski definition) is 2. The predicted octanol–water partition coefficient (Wildman–Crippen LogP) is 2.33. The first kappa shape index (κ1) is 15.1. The number of nitrogens with zero attached hydrogens (tertiary/aromatic N) is 1. The molecule has 0 bridgehead atoms. The van der Waals surface area contributed by atoms with Gasteiger partial charge in [0.2, 0.25) is 0 Å². The van der Waals surface area contributed by atoms with Crippen molar-refractivity contribution in [3.05, 3.63) is 48.3 Å². The minimum atomic E-state index is -3.96. The Hall–Kier alpha value is -2.28. The average Bonchev–Trinajstić information content (AvgIpc) is 2.44. The van der Waals surface area contributed by atoms with Gasteiger partial charge in [0.25, 0.3) is 10.0 Å². The van der Waals surface area contributed by atoms with Crippen molar-refractivity contribution in [1.82, 2.24) is 0 Å². The van der Waals surface area contributed by atoms with Crippen molar-refractivity contribution in [2.24, 2.45) is 0 Å². The van der Waals surface area contributed by atoms with E-state index in [2.05, 4.69) is 0 Å². The molecule has 0 aromatic heterocycles. The molecule has 0 saturated heterocycles. The topological polar surface area (TPSA) is 83.6 Å². The van der Waals surface area contributed by atoms with E-state index in [1.165, 1.54) is 30.3 Å². The lowest BCUT2D eigenvalue weighted by Crippen LogP contribution is -2.31. The summed E-state index contributed by atoms with van der Waals surface area (Å²) in [5.41, 5.74) is 5.43. The van der Waals surface area contributed by atoms with Crippen LogP contribution in [-0.4, -0.2) is 20.1 Å². The van der Waals surface area contributed by atoms with Crippen LogP contribution in [0, 0.1) is 5.82 Å². The number of nitrogens with two attached hydrogens (primary N) is 1. The van der Waals surface area contributed by atoms with E-state index >= 15 is 0 Å². The van der Waals surface area contributed by atoms with Crippen molar-refractivity contribution in [3.63, 3.8) is 0 Å². The Morgan fingerprint density at radius 2 is 1.90 bits per heavy atom. The summed E-state index contributed by atoms with van der Waals surface area (Å²) in [6.45, 7) is 1.66. The van der Waals surface area contributed by atoms with Gasteiger partial charge in [-0.2, -0.15) is 0 Å². The third kappa shape index (κ3) is 2.78. The van der Waals surface area contributed by atoms with E-state index in [0.29, 0.717) is 0 Å². The summed E-state index contributed by atoms with van der Waals surface area (Å²) in [5, 5.41) is 9.37. The molecule has 0 atom stereocenters. The fourth-order valence-corrected chi connectivity index (χ4v) is 3.46. The van der Waals surface area contributed by atoms with Gasteiger partial charge in [-0.3, -0.25) is 4.31 Å². The summed E-state index contributed by atoms with van der Waals surface area (Å²) in [6.07, 6.45) is 0. The lowest BCUT2D eigenvalue weighted by atomic mass is 10.3. The largest absolute Gasteiger partial charge is 0.506 e. The van der Waals surface area contributed by atoms with Crippen LogP contribution < -0.4 is 10.0 Å².